The van der Waals surface area contributed by atoms with Gasteiger partial charge in [-0.1, -0.05) is 26.2 Å². The first-order valence-electron chi connectivity index (χ1n) is 9.41. The first kappa shape index (κ1) is 20.2. The van der Waals surface area contributed by atoms with E-state index in [0.717, 1.165) is 38.5 Å². The highest BCUT2D eigenvalue weighted by Gasteiger charge is 2.27. The average Bonchev–Trinajstić information content (AvgIpc) is 3.10. The number of ether oxygens (including phenoxy) is 1. The Morgan fingerprint density at radius 3 is 2.65 bits per heavy atom. The number of H-pyrrole nitrogens is 1. The van der Waals surface area contributed by atoms with E-state index in [-0.39, 0.29) is 30.6 Å². The van der Waals surface area contributed by atoms with Crippen LogP contribution in [0.2, 0.25) is 0 Å². The summed E-state index contributed by atoms with van der Waals surface area (Å²) in [5.74, 6) is 0.244. The molecule has 26 heavy (non-hydrogen) atoms. The van der Waals surface area contributed by atoms with Crippen molar-refractivity contribution in [2.24, 2.45) is 5.92 Å². The molecule has 0 spiro atoms. The smallest absolute Gasteiger partial charge is 0.330 e. The Kier molecular flexibility index (Phi) is 7.44. The van der Waals surface area contributed by atoms with E-state index in [1.165, 1.54) is 16.6 Å². The van der Waals surface area contributed by atoms with Gasteiger partial charge in [0.15, 0.2) is 5.69 Å². The van der Waals surface area contributed by atoms with Crippen LogP contribution in [0.15, 0.2) is 9.59 Å². The van der Waals surface area contributed by atoms with Crippen molar-refractivity contribution in [2.45, 2.75) is 58.4 Å². The van der Waals surface area contributed by atoms with E-state index in [1.807, 2.05) is 6.92 Å². The number of nitrogen functional groups attached to an aromatic ring is 1. The molecule has 0 radical (unpaired) electrons. The summed E-state index contributed by atoms with van der Waals surface area (Å²) in [6, 6.07) is 0. The lowest BCUT2D eigenvalue weighted by molar-refractivity contribution is -0.119. The second-order valence-electron chi connectivity index (χ2n) is 6.89. The molecule has 1 aliphatic carbocycles. The summed E-state index contributed by atoms with van der Waals surface area (Å²) in [7, 11) is 1.54. The lowest BCUT2D eigenvalue weighted by Crippen LogP contribution is -2.43. The van der Waals surface area contributed by atoms with Crippen LogP contribution < -0.4 is 21.9 Å². The number of nitrogens with zero attached hydrogens (tertiary/aromatic N) is 2. The highest BCUT2D eigenvalue weighted by Crippen LogP contribution is 2.29. The summed E-state index contributed by atoms with van der Waals surface area (Å²) in [5, 5.41) is 0. The van der Waals surface area contributed by atoms with Crippen molar-refractivity contribution in [2.75, 3.05) is 30.9 Å². The Labute approximate surface area is 153 Å². The fourth-order valence-corrected chi connectivity index (χ4v) is 3.49. The Morgan fingerprint density at radius 1 is 1.35 bits per heavy atom. The second-order valence-corrected chi connectivity index (χ2v) is 6.89. The van der Waals surface area contributed by atoms with Gasteiger partial charge in [0.05, 0.1) is 6.61 Å². The molecule has 8 heteroatoms. The predicted molar refractivity (Wildman–Crippen MR) is 101 cm³/mol. The Morgan fingerprint density at radius 2 is 2.04 bits per heavy atom. The number of rotatable bonds is 9. The third-order valence-electron chi connectivity index (χ3n) is 4.98. The van der Waals surface area contributed by atoms with E-state index in [9.17, 15) is 14.4 Å². The van der Waals surface area contributed by atoms with Gasteiger partial charge < -0.3 is 15.4 Å². The maximum atomic E-state index is 12.9. The molecule has 2 rings (SSSR count). The van der Waals surface area contributed by atoms with Crippen LogP contribution in [-0.4, -0.2) is 35.7 Å². The number of hydrogen-bond acceptors (Lipinski definition) is 5. The average molecular weight is 366 g/mol. The van der Waals surface area contributed by atoms with E-state index in [1.54, 1.807) is 0 Å². The molecule has 1 saturated carbocycles. The molecule has 0 saturated heterocycles. The first-order valence-corrected chi connectivity index (χ1v) is 9.41. The number of anilines is 2. The van der Waals surface area contributed by atoms with Crippen LogP contribution in [0.25, 0.3) is 0 Å². The monoisotopic (exact) mass is 366 g/mol. The maximum Gasteiger partial charge on any atom is 0.330 e. The normalized spacial score (nSPS) is 14.7. The zero-order valence-electron chi connectivity index (χ0n) is 15.8. The Balaban J connectivity index is 2.37. The van der Waals surface area contributed by atoms with E-state index in [2.05, 4.69) is 4.98 Å². The highest BCUT2D eigenvalue weighted by atomic mass is 16.5. The summed E-state index contributed by atoms with van der Waals surface area (Å²) in [6.07, 6.45) is 6.37. The van der Waals surface area contributed by atoms with Crippen LogP contribution in [0.1, 0.15) is 51.9 Å². The van der Waals surface area contributed by atoms with Crippen molar-refractivity contribution in [3.05, 3.63) is 20.8 Å². The molecular formula is C18H30N4O4. The van der Waals surface area contributed by atoms with Gasteiger partial charge in [0, 0.05) is 26.6 Å². The maximum absolute atomic E-state index is 12.9. The zero-order chi connectivity index (χ0) is 19.1. The van der Waals surface area contributed by atoms with E-state index < -0.39 is 11.2 Å². The van der Waals surface area contributed by atoms with Gasteiger partial charge in [-0.25, -0.2) is 4.79 Å². The van der Waals surface area contributed by atoms with Gasteiger partial charge in [0.25, 0.3) is 5.56 Å². The molecule has 0 atom stereocenters. The molecule has 146 valence electrons. The minimum atomic E-state index is -0.629. The number of nitrogens with two attached hydrogens (primary N) is 1. The third kappa shape index (κ3) is 4.75. The van der Waals surface area contributed by atoms with Gasteiger partial charge in [-0.15, -0.1) is 0 Å². The molecule has 1 aliphatic rings. The second kappa shape index (κ2) is 9.56. The largest absolute Gasteiger partial charge is 0.383 e. The number of aromatic nitrogens is 2. The highest BCUT2D eigenvalue weighted by molar-refractivity contribution is 5.95. The SMILES string of the molecule is CCCCn1c(N)c(N(CCOC)C(=O)CC2CCCC2)c(=O)[nH]c1=O. The van der Waals surface area contributed by atoms with Crippen LogP contribution in [0.5, 0.6) is 0 Å². The van der Waals surface area contributed by atoms with Crippen LogP contribution in [0.3, 0.4) is 0 Å². The van der Waals surface area contributed by atoms with Crippen molar-refractivity contribution in [1.82, 2.24) is 9.55 Å². The number of nitrogens with one attached hydrogen (secondary N) is 1. The van der Waals surface area contributed by atoms with Crippen molar-refractivity contribution in [1.29, 1.82) is 0 Å². The van der Waals surface area contributed by atoms with Crippen LogP contribution in [0, 0.1) is 5.92 Å². The number of carbonyl (C=O) groups excluding carboxylic acids is 1. The fraction of sp³-hybridized carbons (Fsp3) is 0.722. The van der Waals surface area contributed by atoms with Crippen molar-refractivity contribution in [3.63, 3.8) is 0 Å². The van der Waals surface area contributed by atoms with Crippen LogP contribution in [0.4, 0.5) is 11.5 Å². The van der Waals surface area contributed by atoms with Gasteiger partial charge in [0.2, 0.25) is 5.91 Å². The standard InChI is InChI=1S/C18H30N4O4/c1-3-4-9-22-16(19)15(17(24)20-18(22)25)21(10-11-26-2)14(23)12-13-7-5-6-8-13/h13H,3-12,19H2,1-2H3,(H,20,24,25). The van der Waals surface area contributed by atoms with E-state index >= 15 is 0 Å². The molecule has 0 unspecified atom stereocenters. The fourth-order valence-electron chi connectivity index (χ4n) is 3.49. The van der Waals surface area contributed by atoms with Crippen molar-refractivity contribution in [3.8, 4) is 0 Å². The summed E-state index contributed by atoms with van der Waals surface area (Å²) < 4.78 is 6.43. The summed E-state index contributed by atoms with van der Waals surface area (Å²) >= 11 is 0. The van der Waals surface area contributed by atoms with Crippen molar-refractivity contribution < 1.29 is 9.53 Å². The van der Waals surface area contributed by atoms with E-state index in [0.29, 0.717) is 18.9 Å². The number of aromatic amines is 1. The molecule has 1 aromatic rings. The third-order valence-corrected chi connectivity index (χ3v) is 4.98. The Bertz CT molecular complexity index is 719. The molecule has 3 N–H and O–H groups in total. The first-order chi connectivity index (χ1) is 12.5. The lowest BCUT2D eigenvalue weighted by Gasteiger charge is -2.25. The molecule has 1 amide bonds. The van der Waals surface area contributed by atoms with E-state index in [4.69, 9.17) is 10.5 Å². The van der Waals surface area contributed by atoms with Crippen LogP contribution >= 0.6 is 0 Å². The summed E-state index contributed by atoms with van der Waals surface area (Å²) in [6.45, 7) is 2.91. The van der Waals surface area contributed by atoms with Crippen LogP contribution in [-0.2, 0) is 16.1 Å². The van der Waals surface area contributed by atoms with Gasteiger partial charge in [0.1, 0.15) is 5.82 Å². The van der Waals surface area contributed by atoms with Crippen molar-refractivity contribution >= 4 is 17.4 Å². The van der Waals surface area contributed by atoms with Gasteiger partial charge >= 0.3 is 5.69 Å². The molecule has 0 bridgehead atoms. The minimum Gasteiger partial charge on any atom is -0.383 e. The van der Waals surface area contributed by atoms with Gasteiger partial charge in [-0.05, 0) is 25.2 Å². The molecule has 1 aromatic heterocycles. The zero-order valence-corrected chi connectivity index (χ0v) is 15.8. The molecular weight excluding hydrogens is 336 g/mol. The number of unbranched alkanes of at least 4 members (excludes halogenated alkanes) is 1. The van der Waals surface area contributed by atoms with Gasteiger partial charge in [-0.3, -0.25) is 19.1 Å². The number of methoxy groups -OCH3 is 1. The number of carbonyl (C=O) groups is 1. The molecule has 1 fully saturated rings. The Hall–Kier alpha value is -2.09. The quantitative estimate of drug-likeness (QED) is 0.688. The summed E-state index contributed by atoms with van der Waals surface area (Å²) in [4.78, 5) is 41.1. The number of amides is 1. The molecule has 0 aromatic carbocycles. The minimum absolute atomic E-state index is 0.0445. The molecule has 8 nitrogen and oxygen atoms in total. The predicted octanol–water partition coefficient (Wildman–Crippen LogP) is 1.48. The topological polar surface area (TPSA) is 110 Å². The molecule has 1 heterocycles. The summed E-state index contributed by atoms with van der Waals surface area (Å²) in [5.41, 5.74) is 5.04. The van der Waals surface area contributed by atoms with Gasteiger partial charge in [-0.2, -0.15) is 0 Å². The lowest BCUT2D eigenvalue weighted by atomic mass is 10.0. The number of hydrogen-bond donors (Lipinski definition) is 2. The molecule has 0 aliphatic heterocycles.